The average Bonchev–Trinajstić information content (AvgIpc) is 2.26. The lowest BCUT2D eigenvalue weighted by molar-refractivity contribution is -0.133. The molecule has 1 aliphatic heterocycles. The fourth-order valence-corrected chi connectivity index (χ4v) is 2.80. The molecule has 1 atom stereocenters. The highest BCUT2D eigenvalue weighted by molar-refractivity contribution is 5.76. The molecule has 1 aliphatic rings. The Morgan fingerprint density at radius 3 is 2.33 bits per heavy atom. The molecule has 1 saturated heterocycles. The lowest BCUT2D eigenvalue weighted by Crippen LogP contribution is -2.41. The summed E-state index contributed by atoms with van der Waals surface area (Å²) in [6, 6.07) is 0.00130. The van der Waals surface area contributed by atoms with Crippen molar-refractivity contribution in [3.05, 3.63) is 0 Å². The summed E-state index contributed by atoms with van der Waals surface area (Å²) >= 11 is 0. The van der Waals surface area contributed by atoms with Crippen LogP contribution in [0.3, 0.4) is 0 Å². The van der Waals surface area contributed by atoms with Crippen molar-refractivity contribution in [2.45, 2.75) is 65.8 Å². The van der Waals surface area contributed by atoms with E-state index in [1.165, 1.54) is 6.42 Å². The number of carbonyl (C=O) groups excluding carboxylic acids is 1. The zero-order chi connectivity index (χ0) is 13.8. The molecule has 106 valence electrons. The third-order valence-electron chi connectivity index (χ3n) is 3.86. The zero-order valence-corrected chi connectivity index (χ0v) is 12.5. The predicted molar refractivity (Wildman–Crippen MR) is 76.3 cm³/mol. The molecule has 18 heavy (non-hydrogen) atoms. The molecule has 0 aliphatic carbocycles. The summed E-state index contributed by atoms with van der Waals surface area (Å²) in [7, 11) is 0. The van der Waals surface area contributed by atoms with Crippen molar-refractivity contribution in [2.24, 2.45) is 17.1 Å². The zero-order valence-electron chi connectivity index (χ0n) is 12.5. The lowest BCUT2D eigenvalue weighted by Gasteiger charge is -2.32. The quantitative estimate of drug-likeness (QED) is 0.838. The first-order valence-corrected chi connectivity index (χ1v) is 7.35. The number of nitrogens with two attached hydrogens (primary N) is 1. The van der Waals surface area contributed by atoms with E-state index in [2.05, 4.69) is 27.7 Å². The van der Waals surface area contributed by atoms with E-state index in [-0.39, 0.29) is 17.4 Å². The summed E-state index contributed by atoms with van der Waals surface area (Å²) in [6.07, 6.45) is 4.98. The highest BCUT2D eigenvalue weighted by Gasteiger charge is 2.24. The van der Waals surface area contributed by atoms with Crippen LogP contribution in [0.15, 0.2) is 0 Å². The second-order valence-electron chi connectivity index (χ2n) is 6.96. The summed E-state index contributed by atoms with van der Waals surface area (Å²) < 4.78 is 0. The molecule has 1 rings (SSSR count). The average molecular weight is 254 g/mol. The molecule has 3 nitrogen and oxygen atoms in total. The van der Waals surface area contributed by atoms with Crippen LogP contribution in [-0.2, 0) is 4.79 Å². The highest BCUT2D eigenvalue weighted by atomic mass is 16.2. The number of rotatable bonds is 4. The molecule has 0 aromatic heterocycles. The lowest BCUT2D eigenvalue weighted by atomic mass is 9.87. The third-order valence-corrected chi connectivity index (χ3v) is 3.86. The Labute approximate surface area is 112 Å². The van der Waals surface area contributed by atoms with Gasteiger partial charge in [0.1, 0.15) is 0 Å². The van der Waals surface area contributed by atoms with Gasteiger partial charge in [0.25, 0.3) is 0 Å². The van der Waals surface area contributed by atoms with Gasteiger partial charge in [-0.25, -0.2) is 0 Å². The van der Waals surface area contributed by atoms with Crippen molar-refractivity contribution in [1.29, 1.82) is 0 Å². The Bertz CT molecular complexity index is 262. The van der Waals surface area contributed by atoms with E-state index >= 15 is 0 Å². The molecule has 1 unspecified atom stereocenters. The smallest absolute Gasteiger partial charge is 0.224 e. The maximum atomic E-state index is 12.1. The van der Waals surface area contributed by atoms with Gasteiger partial charge in [-0.1, -0.05) is 34.1 Å². The SMILES string of the molecule is CCC1CCN(C(=O)CC(N)CC(C)(C)C)CC1. The molecule has 0 aromatic carbocycles. The topological polar surface area (TPSA) is 46.3 Å². The molecule has 1 amide bonds. The molecule has 3 heteroatoms. The number of likely N-dealkylation sites (tertiary alicyclic amines) is 1. The molecule has 0 aromatic rings. The van der Waals surface area contributed by atoms with Crippen molar-refractivity contribution < 1.29 is 4.79 Å². The van der Waals surface area contributed by atoms with Crippen molar-refractivity contribution in [3.8, 4) is 0 Å². The van der Waals surface area contributed by atoms with E-state index in [9.17, 15) is 4.79 Å². The van der Waals surface area contributed by atoms with Gasteiger partial charge in [-0.3, -0.25) is 4.79 Å². The minimum absolute atomic E-state index is 0.00130. The first-order chi connectivity index (χ1) is 8.31. The van der Waals surface area contributed by atoms with Crippen LogP contribution < -0.4 is 5.73 Å². The monoisotopic (exact) mass is 254 g/mol. The maximum absolute atomic E-state index is 12.1. The van der Waals surface area contributed by atoms with Crippen LogP contribution in [0, 0.1) is 11.3 Å². The molecule has 0 saturated carbocycles. The van der Waals surface area contributed by atoms with Gasteiger partial charge in [0.2, 0.25) is 5.91 Å². The number of nitrogens with zero attached hydrogens (tertiary/aromatic N) is 1. The number of hydrogen-bond donors (Lipinski definition) is 1. The van der Waals surface area contributed by atoms with Crippen LogP contribution >= 0.6 is 0 Å². The Morgan fingerprint density at radius 1 is 1.33 bits per heavy atom. The van der Waals surface area contributed by atoms with Crippen LogP contribution in [0.2, 0.25) is 0 Å². The number of hydrogen-bond acceptors (Lipinski definition) is 2. The Balaban J connectivity index is 2.33. The van der Waals surface area contributed by atoms with Gasteiger partial charge < -0.3 is 10.6 Å². The van der Waals surface area contributed by atoms with E-state index in [4.69, 9.17) is 5.73 Å². The Morgan fingerprint density at radius 2 is 1.89 bits per heavy atom. The summed E-state index contributed by atoms with van der Waals surface area (Å²) in [6.45, 7) is 10.6. The van der Waals surface area contributed by atoms with Gasteiger partial charge in [-0.05, 0) is 30.6 Å². The van der Waals surface area contributed by atoms with Crippen LogP contribution in [0.1, 0.15) is 59.8 Å². The van der Waals surface area contributed by atoms with E-state index < -0.39 is 0 Å². The largest absolute Gasteiger partial charge is 0.343 e. The van der Waals surface area contributed by atoms with E-state index in [1.807, 2.05) is 4.90 Å². The first kappa shape index (κ1) is 15.5. The van der Waals surface area contributed by atoms with Crippen molar-refractivity contribution in [3.63, 3.8) is 0 Å². The summed E-state index contributed by atoms with van der Waals surface area (Å²) in [5, 5.41) is 0. The predicted octanol–water partition coefficient (Wildman–Crippen LogP) is 2.79. The summed E-state index contributed by atoms with van der Waals surface area (Å²) in [5.74, 6) is 1.07. The highest BCUT2D eigenvalue weighted by Crippen LogP contribution is 2.23. The maximum Gasteiger partial charge on any atom is 0.224 e. The molecule has 2 N–H and O–H groups in total. The van der Waals surface area contributed by atoms with Crippen LogP contribution in [0.4, 0.5) is 0 Å². The van der Waals surface area contributed by atoms with Crippen LogP contribution in [0.25, 0.3) is 0 Å². The molecular formula is C15H30N2O. The van der Waals surface area contributed by atoms with Crippen molar-refractivity contribution in [2.75, 3.05) is 13.1 Å². The van der Waals surface area contributed by atoms with Gasteiger partial charge in [-0.2, -0.15) is 0 Å². The molecule has 1 fully saturated rings. The van der Waals surface area contributed by atoms with E-state index in [0.717, 1.165) is 38.3 Å². The molecule has 0 radical (unpaired) electrons. The second-order valence-corrected chi connectivity index (χ2v) is 6.96. The summed E-state index contributed by atoms with van der Waals surface area (Å²) in [4.78, 5) is 14.1. The third kappa shape index (κ3) is 5.38. The van der Waals surface area contributed by atoms with Crippen molar-refractivity contribution in [1.82, 2.24) is 4.90 Å². The fourth-order valence-electron chi connectivity index (χ4n) is 2.80. The minimum Gasteiger partial charge on any atom is -0.343 e. The van der Waals surface area contributed by atoms with E-state index in [1.54, 1.807) is 0 Å². The number of piperidine rings is 1. The Hall–Kier alpha value is -0.570. The fraction of sp³-hybridized carbons (Fsp3) is 0.933. The molecular weight excluding hydrogens is 224 g/mol. The number of amides is 1. The normalized spacial score (nSPS) is 19.9. The van der Waals surface area contributed by atoms with Crippen LogP contribution in [-0.4, -0.2) is 29.9 Å². The van der Waals surface area contributed by atoms with Gasteiger partial charge >= 0.3 is 0 Å². The summed E-state index contributed by atoms with van der Waals surface area (Å²) in [5.41, 5.74) is 6.28. The second kappa shape index (κ2) is 6.55. The molecule has 1 heterocycles. The van der Waals surface area contributed by atoms with Gasteiger partial charge in [0.05, 0.1) is 0 Å². The standard InChI is InChI=1S/C15H30N2O/c1-5-12-6-8-17(9-7-12)14(18)10-13(16)11-15(2,3)4/h12-13H,5-11,16H2,1-4H3. The van der Waals surface area contributed by atoms with Crippen molar-refractivity contribution >= 4 is 5.91 Å². The van der Waals surface area contributed by atoms with Gasteiger partial charge in [-0.15, -0.1) is 0 Å². The van der Waals surface area contributed by atoms with E-state index in [0.29, 0.717) is 6.42 Å². The Kier molecular flexibility index (Phi) is 5.64. The minimum atomic E-state index is 0.00130. The van der Waals surface area contributed by atoms with Gasteiger partial charge in [0.15, 0.2) is 0 Å². The van der Waals surface area contributed by atoms with Crippen LogP contribution in [0.5, 0.6) is 0 Å². The first-order valence-electron chi connectivity index (χ1n) is 7.35. The molecule has 0 spiro atoms. The molecule has 0 bridgehead atoms. The van der Waals surface area contributed by atoms with Gasteiger partial charge in [0, 0.05) is 25.6 Å². The number of carbonyl (C=O) groups is 1.